The van der Waals surface area contributed by atoms with Gasteiger partial charge in [0.15, 0.2) is 11.6 Å². The number of hydrogen-bond acceptors (Lipinski definition) is 7. The summed E-state index contributed by atoms with van der Waals surface area (Å²) in [4.78, 5) is 66.8. The van der Waals surface area contributed by atoms with E-state index in [1.165, 1.54) is 12.1 Å². The predicted molar refractivity (Wildman–Crippen MR) is 151 cm³/mol. The van der Waals surface area contributed by atoms with Gasteiger partial charge < -0.3 is 15.3 Å². The van der Waals surface area contributed by atoms with Crippen LogP contribution in [0.3, 0.4) is 0 Å². The molecule has 0 spiro atoms. The lowest BCUT2D eigenvalue weighted by atomic mass is 9.59. The number of benzene rings is 2. The van der Waals surface area contributed by atoms with Crippen LogP contribution in [-0.2, 0) is 25.6 Å². The van der Waals surface area contributed by atoms with Crippen LogP contribution in [0, 0.1) is 17.8 Å². The molecule has 9 nitrogen and oxygen atoms in total. The Morgan fingerprint density at radius 3 is 2.52 bits per heavy atom. The first-order chi connectivity index (χ1) is 20.0. The highest BCUT2D eigenvalue weighted by atomic mass is 16.4. The molecule has 1 fully saturated rings. The number of imide groups is 1. The second kappa shape index (κ2) is 9.80. The number of para-hydroxylation sites is 1. The molecule has 9 heteroatoms. The molecule has 0 radical (unpaired) electrons. The summed E-state index contributed by atoms with van der Waals surface area (Å²) in [6, 6.07) is 8.73. The summed E-state index contributed by atoms with van der Waals surface area (Å²) in [6.07, 6.45) is 5.47. The number of ketones is 2. The van der Waals surface area contributed by atoms with Gasteiger partial charge in [0.1, 0.15) is 17.1 Å². The van der Waals surface area contributed by atoms with Gasteiger partial charge in [0.25, 0.3) is 0 Å². The van der Waals surface area contributed by atoms with Gasteiger partial charge in [0, 0.05) is 34.3 Å². The third-order valence-electron chi connectivity index (χ3n) is 8.86. The average molecular weight is 566 g/mol. The second-order valence-corrected chi connectivity index (χ2v) is 11.1. The van der Waals surface area contributed by atoms with Crippen molar-refractivity contribution in [2.45, 2.75) is 32.1 Å². The number of phenols is 2. The predicted octanol–water partition coefficient (Wildman–Crippen LogP) is 4.16. The third-order valence-corrected chi connectivity index (χ3v) is 8.86. The second-order valence-electron chi connectivity index (χ2n) is 11.1. The summed E-state index contributed by atoms with van der Waals surface area (Å²) >= 11 is 0. The van der Waals surface area contributed by atoms with Crippen molar-refractivity contribution in [3.63, 3.8) is 0 Å². The molecular formula is C33H27NO8. The summed E-state index contributed by atoms with van der Waals surface area (Å²) in [5.74, 6) is -6.60. The normalized spacial score (nSPS) is 25.0. The van der Waals surface area contributed by atoms with Crippen LogP contribution in [0.5, 0.6) is 11.5 Å². The lowest BCUT2D eigenvalue weighted by Crippen LogP contribution is -2.39. The van der Waals surface area contributed by atoms with Crippen molar-refractivity contribution in [2.75, 3.05) is 4.90 Å². The fraction of sp³-hybridized carbons (Fsp3) is 0.242. The molecule has 1 heterocycles. The highest BCUT2D eigenvalue weighted by Gasteiger charge is 2.57. The first-order valence-electron chi connectivity index (χ1n) is 13.6. The van der Waals surface area contributed by atoms with Crippen molar-refractivity contribution in [2.24, 2.45) is 17.8 Å². The molecule has 0 unspecified atom stereocenters. The Labute approximate surface area is 240 Å². The molecule has 0 aromatic heterocycles. The number of carboxylic acids is 1. The Balaban J connectivity index is 1.48. The molecule has 42 heavy (non-hydrogen) atoms. The number of aromatic hydroxyl groups is 2. The summed E-state index contributed by atoms with van der Waals surface area (Å²) < 4.78 is 0. The molecule has 1 aliphatic heterocycles. The molecule has 212 valence electrons. The Kier molecular flexibility index (Phi) is 6.33. The van der Waals surface area contributed by atoms with Crippen molar-refractivity contribution in [3.8, 4) is 11.5 Å². The number of carbonyl (C=O) groups is 5. The fourth-order valence-electron chi connectivity index (χ4n) is 7.00. The molecule has 1 saturated heterocycles. The average Bonchev–Trinajstić information content (AvgIpc) is 3.21. The van der Waals surface area contributed by atoms with E-state index in [0.29, 0.717) is 23.1 Å². The molecule has 3 aliphatic carbocycles. The minimum Gasteiger partial charge on any atom is -0.507 e. The Morgan fingerprint density at radius 2 is 1.83 bits per heavy atom. The quantitative estimate of drug-likeness (QED) is 0.278. The molecule has 4 atom stereocenters. The number of carbonyl (C=O) groups excluding carboxylic acids is 4. The van der Waals surface area contributed by atoms with E-state index in [9.17, 15) is 39.3 Å². The number of allylic oxidation sites excluding steroid dienone is 7. The van der Waals surface area contributed by atoms with Crippen molar-refractivity contribution in [1.82, 2.24) is 0 Å². The standard InChI is InChI=1S/C33H27NO8/c1-3-5-16-6-4-7-20(30(16)38)26-18-10-11-21-27(22(18)14-23-28(26)25(36)12-15(2)29(23)37)32(40)34(31(21)39)17-8-9-19(33(41)42)24(35)13-17/h3-4,6-10,12-13,21-22,26-27,35,38H,1,5,11,14H2,2H3,(H,41,42)/t21-,22+,26+,27-/m0/s1. The summed E-state index contributed by atoms with van der Waals surface area (Å²) in [6.45, 7) is 5.31. The number of carboxylic acid groups (broad SMARTS) is 1. The van der Waals surface area contributed by atoms with Crippen LogP contribution in [0.1, 0.15) is 47.2 Å². The summed E-state index contributed by atoms with van der Waals surface area (Å²) in [7, 11) is 0. The summed E-state index contributed by atoms with van der Waals surface area (Å²) in [5.41, 5.74) is 2.26. The molecular weight excluding hydrogens is 538 g/mol. The number of hydrogen-bond donors (Lipinski definition) is 3. The zero-order valence-corrected chi connectivity index (χ0v) is 22.7. The van der Waals surface area contributed by atoms with Gasteiger partial charge in [0.05, 0.1) is 17.5 Å². The maximum Gasteiger partial charge on any atom is 0.339 e. The van der Waals surface area contributed by atoms with Gasteiger partial charge in [-0.05, 0) is 55.9 Å². The van der Waals surface area contributed by atoms with Crippen molar-refractivity contribution < 1.29 is 39.3 Å². The van der Waals surface area contributed by atoms with Gasteiger partial charge in [0.2, 0.25) is 11.8 Å². The lowest BCUT2D eigenvalue weighted by Gasteiger charge is -2.42. The minimum absolute atomic E-state index is 0.0195. The number of rotatable bonds is 5. The molecule has 0 saturated carbocycles. The largest absolute Gasteiger partial charge is 0.507 e. The minimum atomic E-state index is -1.35. The topological polar surface area (TPSA) is 149 Å². The summed E-state index contributed by atoms with van der Waals surface area (Å²) in [5, 5.41) is 30.8. The van der Waals surface area contributed by atoms with Gasteiger partial charge in [-0.25, -0.2) is 9.69 Å². The maximum atomic E-state index is 14.0. The van der Waals surface area contributed by atoms with Crippen LogP contribution in [0.2, 0.25) is 0 Å². The number of Topliss-reactive ketones (excluding diaryl/α,β-unsaturated/α-hetero) is 1. The molecule has 2 amide bonds. The third kappa shape index (κ3) is 3.88. The van der Waals surface area contributed by atoms with E-state index < -0.39 is 47.2 Å². The van der Waals surface area contributed by atoms with E-state index in [-0.39, 0.29) is 58.1 Å². The van der Waals surface area contributed by atoms with Crippen LogP contribution in [0.15, 0.2) is 83.5 Å². The Hall–Kier alpha value is -5.05. The van der Waals surface area contributed by atoms with Gasteiger partial charge in [-0.3, -0.25) is 19.2 Å². The van der Waals surface area contributed by atoms with Crippen LogP contribution in [0.25, 0.3) is 0 Å². The Morgan fingerprint density at radius 1 is 1.07 bits per heavy atom. The van der Waals surface area contributed by atoms with Gasteiger partial charge in [-0.2, -0.15) is 0 Å². The molecule has 2 aromatic carbocycles. The number of nitrogens with zero attached hydrogens (tertiary/aromatic N) is 1. The van der Waals surface area contributed by atoms with Crippen LogP contribution in [-0.4, -0.2) is 44.7 Å². The van der Waals surface area contributed by atoms with Crippen LogP contribution >= 0.6 is 0 Å². The van der Waals surface area contributed by atoms with E-state index in [0.717, 1.165) is 17.0 Å². The van der Waals surface area contributed by atoms with Gasteiger partial charge >= 0.3 is 5.97 Å². The van der Waals surface area contributed by atoms with Crippen molar-refractivity contribution >= 4 is 35.0 Å². The molecule has 0 bridgehead atoms. The zero-order valence-electron chi connectivity index (χ0n) is 22.7. The molecule has 3 N–H and O–H groups in total. The number of amides is 2. The van der Waals surface area contributed by atoms with Gasteiger partial charge in [-0.1, -0.05) is 35.9 Å². The highest BCUT2D eigenvalue weighted by Crippen LogP contribution is 2.56. The van der Waals surface area contributed by atoms with E-state index in [2.05, 4.69) is 6.58 Å². The highest BCUT2D eigenvalue weighted by molar-refractivity contribution is 6.25. The smallest absolute Gasteiger partial charge is 0.339 e. The van der Waals surface area contributed by atoms with E-state index in [1.807, 2.05) is 6.08 Å². The van der Waals surface area contributed by atoms with Gasteiger partial charge in [-0.15, -0.1) is 6.58 Å². The van der Waals surface area contributed by atoms with Crippen LogP contribution < -0.4 is 4.90 Å². The van der Waals surface area contributed by atoms with Crippen LogP contribution in [0.4, 0.5) is 5.69 Å². The van der Waals surface area contributed by atoms with Crippen molar-refractivity contribution in [3.05, 3.63) is 100 Å². The SMILES string of the molecule is C=CCc1cccc([C@H]2C3=CC[C@@H]4C(=O)N(c5ccc(C(=O)O)c(O)c5)C(=O)[C@@H]4[C@@H]3CC3=C2C(=O)C=C(C)C3=O)c1O. The zero-order chi connectivity index (χ0) is 30.0. The van der Waals surface area contributed by atoms with E-state index >= 15 is 0 Å². The Bertz CT molecular complexity index is 1740. The van der Waals surface area contributed by atoms with E-state index in [4.69, 9.17) is 0 Å². The molecule has 2 aromatic rings. The van der Waals surface area contributed by atoms with Crippen molar-refractivity contribution in [1.29, 1.82) is 0 Å². The first-order valence-corrected chi connectivity index (χ1v) is 13.6. The molecule has 6 rings (SSSR count). The fourth-order valence-corrected chi connectivity index (χ4v) is 7.00. The number of anilines is 1. The number of phenolic OH excluding ortho intramolecular Hbond substituents is 1. The van der Waals surface area contributed by atoms with E-state index in [1.54, 1.807) is 31.2 Å². The molecule has 4 aliphatic rings. The first kappa shape index (κ1) is 27.1. The number of aromatic carboxylic acids is 1. The monoisotopic (exact) mass is 565 g/mol. The number of fused-ring (bicyclic) bond motifs is 3. The maximum absolute atomic E-state index is 14.0. The lowest BCUT2D eigenvalue weighted by molar-refractivity contribution is -0.123.